The Labute approximate surface area is 238 Å². The van der Waals surface area contributed by atoms with Crippen molar-refractivity contribution in [1.29, 1.82) is 0 Å². The smallest absolute Gasteiger partial charge is 0.262 e. The van der Waals surface area contributed by atoms with Gasteiger partial charge in [-0.1, -0.05) is 23.4 Å². The first kappa shape index (κ1) is 26.6. The molecule has 1 fully saturated rings. The van der Waals surface area contributed by atoms with Crippen LogP contribution in [0.2, 0.25) is 5.02 Å². The lowest BCUT2D eigenvalue weighted by atomic mass is 9.73. The fourth-order valence-electron chi connectivity index (χ4n) is 5.58. The van der Waals surface area contributed by atoms with Crippen LogP contribution in [0.4, 0.5) is 5.82 Å². The SMILES string of the molecule is COCCn1cnc2ccc(Sc3cnc(N4CCC5(CC4)Cc4scnc4[C@H]5N)c(CO)n3)c(Cl)c2c1=O. The van der Waals surface area contributed by atoms with Crippen LogP contribution in [-0.4, -0.2) is 56.4 Å². The molecule has 1 aliphatic carbocycles. The molecule has 1 atom stereocenters. The van der Waals surface area contributed by atoms with Crippen molar-refractivity contribution in [2.45, 2.75) is 48.4 Å². The zero-order valence-corrected chi connectivity index (χ0v) is 23.7. The lowest BCUT2D eigenvalue weighted by Gasteiger charge is -2.42. The van der Waals surface area contributed by atoms with Crippen molar-refractivity contribution in [2.75, 3.05) is 31.7 Å². The maximum absolute atomic E-state index is 13.0. The number of anilines is 1. The van der Waals surface area contributed by atoms with E-state index in [0.717, 1.165) is 38.0 Å². The molecule has 1 spiro atoms. The van der Waals surface area contributed by atoms with E-state index in [1.165, 1.54) is 27.5 Å². The summed E-state index contributed by atoms with van der Waals surface area (Å²) in [5.74, 6) is 0.686. The molecule has 6 rings (SSSR count). The summed E-state index contributed by atoms with van der Waals surface area (Å²) in [6, 6.07) is 3.55. The number of fused-ring (bicyclic) bond motifs is 2. The van der Waals surface area contributed by atoms with Crippen LogP contribution < -0.4 is 16.2 Å². The average Bonchev–Trinajstić information content (AvgIpc) is 3.50. The molecule has 0 unspecified atom stereocenters. The maximum Gasteiger partial charge on any atom is 0.262 e. The molecule has 0 radical (unpaired) electrons. The molecule has 1 saturated heterocycles. The van der Waals surface area contributed by atoms with Gasteiger partial charge in [0, 0.05) is 30.0 Å². The highest BCUT2D eigenvalue weighted by Gasteiger charge is 2.47. The van der Waals surface area contributed by atoms with Crippen molar-refractivity contribution < 1.29 is 9.84 Å². The van der Waals surface area contributed by atoms with Gasteiger partial charge in [0.2, 0.25) is 0 Å². The number of nitrogens with two attached hydrogens (primary N) is 1. The second-order valence-corrected chi connectivity index (χ2v) is 12.3. The molecular weight excluding hydrogens is 558 g/mol. The normalized spacial score (nSPS) is 18.3. The van der Waals surface area contributed by atoms with Crippen LogP contribution in [0.25, 0.3) is 10.9 Å². The van der Waals surface area contributed by atoms with Gasteiger partial charge >= 0.3 is 0 Å². The lowest BCUT2D eigenvalue weighted by molar-refractivity contribution is 0.185. The molecule has 1 aliphatic heterocycles. The van der Waals surface area contributed by atoms with Crippen LogP contribution in [-0.2, 0) is 24.3 Å². The molecule has 4 heterocycles. The van der Waals surface area contributed by atoms with Crippen LogP contribution in [0.5, 0.6) is 0 Å². The zero-order chi connectivity index (χ0) is 27.1. The molecule has 10 nitrogen and oxygen atoms in total. The number of aromatic nitrogens is 5. The van der Waals surface area contributed by atoms with E-state index in [2.05, 4.69) is 14.9 Å². The number of thiazole rings is 1. The van der Waals surface area contributed by atoms with E-state index >= 15 is 0 Å². The number of benzene rings is 1. The van der Waals surface area contributed by atoms with Crippen molar-refractivity contribution in [1.82, 2.24) is 24.5 Å². The van der Waals surface area contributed by atoms with E-state index in [-0.39, 0.29) is 23.6 Å². The Balaban J connectivity index is 1.21. The van der Waals surface area contributed by atoms with Crippen LogP contribution in [0, 0.1) is 5.41 Å². The first-order valence-electron chi connectivity index (χ1n) is 12.7. The highest BCUT2D eigenvalue weighted by atomic mass is 35.5. The number of halogens is 1. The third-order valence-electron chi connectivity index (χ3n) is 7.79. The Morgan fingerprint density at radius 1 is 1.28 bits per heavy atom. The largest absolute Gasteiger partial charge is 0.390 e. The molecule has 3 N–H and O–H groups in total. The Hall–Kier alpha value is -2.61. The zero-order valence-electron chi connectivity index (χ0n) is 21.3. The monoisotopic (exact) mass is 585 g/mol. The van der Waals surface area contributed by atoms with Gasteiger partial charge in [0.25, 0.3) is 5.56 Å². The first-order valence-corrected chi connectivity index (χ1v) is 14.8. The summed E-state index contributed by atoms with van der Waals surface area (Å²) in [5, 5.41) is 11.4. The molecule has 39 heavy (non-hydrogen) atoms. The summed E-state index contributed by atoms with van der Waals surface area (Å²) in [6.07, 6.45) is 6.04. The molecule has 204 valence electrons. The highest BCUT2D eigenvalue weighted by molar-refractivity contribution is 7.99. The highest BCUT2D eigenvalue weighted by Crippen LogP contribution is 2.51. The Morgan fingerprint density at radius 3 is 2.85 bits per heavy atom. The molecule has 0 bridgehead atoms. The Morgan fingerprint density at radius 2 is 2.10 bits per heavy atom. The second kappa shape index (κ2) is 10.8. The van der Waals surface area contributed by atoms with Crippen LogP contribution in [0.15, 0.2) is 44.9 Å². The van der Waals surface area contributed by atoms with E-state index in [1.807, 2.05) is 11.6 Å². The fraction of sp³-hybridized carbons (Fsp3) is 0.423. The van der Waals surface area contributed by atoms with E-state index in [4.69, 9.17) is 32.0 Å². The van der Waals surface area contributed by atoms with Crippen molar-refractivity contribution >= 4 is 51.4 Å². The van der Waals surface area contributed by atoms with Crippen molar-refractivity contribution in [3.8, 4) is 0 Å². The van der Waals surface area contributed by atoms with E-state index in [1.54, 1.807) is 30.7 Å². The van der Waals surface area contributed by atoms with Gasteiger partial charge in [-0.3, -0.25) is 9.36 Å². The Kier molecular flexibility index (Phi) is 7.34. The Bertz CT molecular complexity index is 1590. The maximum atomic E-state index is 13.0. The number of hydrogen-bond acceptors (Lipinski definition) is 11. The minimum absolute atomic E-state index is 0.0333. The van der Waals surface area contributed by atoms with Crippen LogP contribution >= 0.6 is 34.7 Å². The number of hydrogen-bond donors (Lipinski definition) is 2. The second-order valence-electron chi connectivity index (χ2n) is 9.91. The summed E-state index contributed by atoms with van der Waals surface area (Å²) >= 11 is 9.69. The summed E-state index contributed by atoms with van der Waals surface area (Å²) in [7, 11) is 1.58. The molecule has 3 aromatic heterocycles. The molecule has 2 aliphatic rings. The third-order valence-corrected chi connectivity index (χ3v) is 10.1. The number of piperidine rings is 1. The standard InChI is InChI=1S/C26H28ClN7O3S2/c1-37-9-8-34-13-30-15-2-3-17(21(27)20(15)25(34)36)39-19-11-29-24(16(12-35)32-19)33-6-4-26(5-7-33)10-18-22(23(26)28)31-14-38-18/h2-3,11,13-14,23,35H,4-10,12,28H2,1H3/t23-/m1/s1. The number of aliphatic hydroxyl groups excluding tert-OH is 1. The molecule has 4 aromatic rings. The first-order chi connectivity index (χ1) is 18.9. The predicted molar refractivity (Wildman–Crippen MR) is 152 cm³/mol. The minimum atomic E-state index is -0.237. The molecular formula is C26H28ClN7O3S2. The number of rotatable bonds is 7. The van der Waals surface area contributed by atoms with Gasteiger partial charge in [0.05, 0.1) is 65.5 Å². The summed E-state index contributed by atoms with van der Waals surface area (Å²) in [6.45, 7) is 2.11. The van der Waals surface area contributed by atoms with Crippen molar-refractivity contribution in [3.05, 3.63) is 61.8 Å². The predicted octanol–water partition coefficient (Wildman–Crippen LogP) is 3.43. The van der Waals surface area contributed by atoms with Gasteiger partial charge in [0.1, 0.15) is 10.7 Å². The number of ether oxygens (including phenoxy) is 1. The number of nitrogens with zero attached hydrogens (tertiary/aromatic N) is 6. The quantitative estimate of drug-likeness (QED) is 0.332. The van der Waals surface area contributed by atoms with Crippen LogP contribution in [0.1, 0.15) is 35.1 Å². The minimum Gasteiger partial charge on any atom is -0.390 e. The van der Waals surface area contributed by atoms with E-state index < -0.39 is 0 Å². The summed E-state index contributed by atoms with van der Waals surface area (Å²) < 4.78 is 6.58. The third kappa shape index (κ3) is 4.72. The molecule has 1 aromatic carbocycles. The summed E-state index contributed by atoms with van der Waals surface area (Å²) in [4.78, 5) is 35.5. The van der Waals surface area contributed by atoms with Gasteiger partial charge in [-0.25, -0.2) is 19.9 Å². The van der Waals surface area contributed by atoms with Gasteiger partial charge in [-0.2, -0.15) is 0 Å². The average molecular weight is 586 g/mol. The van der Waals surface area contributed by atoms with Gasteiger partial charge in [0.15, 0.2) is 5.82 Å². The van der Waals surface area contributed by atoms with Crippen LogP contribution in [0.3, 0.4) is 0 Å². The van der Waals surface area contributed by atoms with E-state index in [9.17, 15) is 9.90 Å². The van der Waals surface area contributed by atoms with Gasteiger partial charge in [-0.15, -0.1) is 11.3 Å². The fourth-order valence-corrected chi connectivity index (χ4v) is 7.72. The van der Waals surface area contributed by atoms with Gasteiger partial charge in [-0.05, 0) is 36.8 Å². The molecule has 0 amide bonds. The number of aliphatic hydroxyl groups is 1. The lowest BCUT2D eigenvalue weighted by Crippen LogP contribution is -2.45. The topological polar surface area (TPSA) is 132 Å². The summed E-state index contributed by atoms with van der Waals surface area (Å²) in [5.41, 5.74) is 10.4. The number of methoxy groups -OCH3 is 1. The van der Waals surface area contributed by atoms with Crippen molar-refractivity contribution in [3.63, 3.8) is 0 Å². The van der Waals surface area contributed by atoms with Gasteiger partial charge < -0.3 is 20.5 Å². The molecule has 0 saturated carbocycles. The molecule has 13 heteroatoms. The van der Waals surface area contributed by atoms with E-state index in [0.29, 0.717) is 50.5 Å². The van der Waals surface area contributed by atoms with Crippen molar-refractivity contribution in [2.24, 2.45) is 11.1 Å².